The maximum Gasteiger partial charge on any atom is 0.222 e. The summed E-state index contributed by atoms with van der Waals surface area (Å²) in [5.74, 6) is 1.06. The maximum atomic E-state index is 11.7. The third-order valence-electron chi connectivity index (χ3n) is 4.14. The normalized spacial score (nSPS) is 16.5. The molecule has 5 heteroatoms. The van der Waals surface area contributed by atoms with Crippen LogP contribution in [0, 0.1) is 5.92 Å². The van der Waals surface area contributed by atoms with Crippen molar-refractivity contribution in [3.8, 4) is 5.75 Å². The Bertz CT molecular complexity index is 500. The SMILES string of the molecule is CC(C)C(=O)NC1CCN(CCCOc2cccc(Cl)c2)CC1. The summed E-state index contributed by atoms with van der Waals surface area (Å²) < 4.78 is 5.71. The van der Waals surface area contributed by atoms with Gasteiger partial charge in [-0.1, -0.05) is 31.5 Å². The van der Waals surface area contributed by atoms with E-state index in [1.165, 1.54) is 0 Å². The number of benzene rings is 1. The molecule has 0 aliphatic carbocycles. The summed E-state index contributed by atoms with van der Waals surface area (Å²) in [7, 11) is 0. The first-order valence-corrected chi connectivity index (χ1v) is 8.83. The van der Waals surface area contributed by atoms with Crippen molar-refractivity contribution < 1.29 is 9.53 Å². The van der Waals surface area contributed by atoms with Gasteiger partial charge >= 0.3 is 0 Å². The van der Waals surface area contributed by atoms with Gasteiger partial charge in [0.05, 0.1) is 6.61 Å². The van der Waals surface area contributed by atoms with E-state index in [0.717, 1.165) is 44.6 Å². The van der Waals surface area contributed by atoms with Crippen molar-refractivity contribution in [2.24, 2.45) is 5.92 Å². The lowest BCUT2D eigenvalue weighted by atomic mass is 10.0. The van der Waals surface area contributed by atoms with E-state index >= 15 is 0 Å². The fraction of sp³-hybridized carbons (Fsp3) is 0.611. The number of carbonyl (C=O) groups excluding carboxylic acids is 1. The van der Waals surface area contributed by atoms with E-state index in [-0.39, 0.29) is 11.8 Å². The summed E-state index contributed by atoms with van der Waals surface area (Å²) in [6.45, 7) is 7.69. The summed E-state index contributed by atoms with van der Waals surface area (Å²) in [6, 6.07) is 7.84. The zero-order valence-electron chi connectivity index (χ0n) is 14.1. The number of hydrogen-bond acceptors (Lipinski definition) is 3. The van der Waals surface area contributed by atoms with Gasteiger partial charge in [0.25, 0.3) is 0 Å². The predicted octanol–water partition coefficient (Wildman–Crippen LogP) is 3.35. The highest BCUT2D eigenvalue weighted by atomic mass is 35.5. The van der Waals surface area contributed by atoms with Crippen LogP contribution in [-0.2, 0) is 4.79 Å². The molecule has 1 fully saturated rings. The van der Waals surface area contributed by atoms with E-state index in [2.05, 4.69) is 10.2 Å². The number of halogens is 1. The Hall–Kier alpha value is -1.26. The van der Waals surface area contributed by atoms with E-state index in [0.29, 0.717) is 17.7 Å². The Morgan fingerprint density at radius 1 is 1.39 bits per heavy atom. The Balaban J connectivity index is 1.59. The van der Waals surface area contributed by atoms with Crippen LogP contribution in [0.5, 0.6) is 5.75 Å². The van der Waals surface area contributed by atoms with E-state index < -0.39 is 0 Å². The number of nitrogens with zero attached hydrogens (tertiary/aromatic N) is 1. The van der Waals surface area contributed by atoms with Crippen LogP contribution >= 0.6 is 11.6 Å². The van der Waals surface area contributed by atoms with Gasteiger partial charge in [0.15, 0.2) is 0 Å². The molecule has 23 heavy (non-hydrogen) atoms. The van der Waals surface area contributed by atoms with Gasteiger partial charge in [0, 0.05) is 36.6 Å². The summed E-state index contributed by atoms with van der Waals surface area (Å²) >= 11 is 5.93. The lowest BCUT2D eigenvalue weighted by molar-refractivity contribution is -0.125. The van der Waals surface area contributed by atoms with Crippen LogP contribution in [0.1, 0.15) is 33.1 Å². The molecule has 1 aromatic rings. The summed E-state index contributed by atoms with van der Waals surface area (Å²) in [4.78, 5) is 14.2. The Morgan fingerprint density at radius 3 is 2.78 bits per heavy atom. The summed E-state index contributed by atoms with van der Waals surface area (Å²) in [5.41, 5.74) is 0. The van der Waals surface area contributed by atoms with Crippen LogP contribution < -0.4 is 10.1 Å². The van der Waals surface area contributed by atoms with Gasteiger partial charge in [-0.15, -0.1) is 0 Å². The summed E-state index contributed by atoms with van der Waals surface area (Å²) in [5, 5.41) is 3.83. The first-order chi connectivity index (χ1) is 11.0. The van der Waals surface area contributed by atoms with Gasteiger partial charge in [-0.25, -0.2) is 0 Å². The minimum atomic E-state index is 0.0664. The van der Waals surface area contributed by atoms with Gasteiger partial charge < -0.3 is 15.0 Å². The smallest absolute Gasteiger partial charge is 0.222 e. The van der Waals surface area contributed by atoms with Crippen molar-refractivity contribution in [2.45, 2.75) is 39.2 Å². The van der Waals surface area contributed by atoms with Crippen molar-refractivity contribution in [3.05, 3.63) is 29.3 Å². The molecule has 1 aliphatic rings. The zero-order chi connectivity index (χ0) is 16.7. The first kappa shape index (κ1) is 18.1. The predicted molar refractivity (Wildman–Crippen MR) is 94.0 cm³/mol. The monoisotopic (exact) mass is 338 g/mol. The number of ether oxygens (including phenoxy) is 1. The molecule has 0 aromatic heterocycles. The average Bonchev–Trinajstić information content (AvgIpc) is 2.53. The molecule has 0 atom stereocenters. The molecule has 1 aromatic carbocycles. The lowest BCUT2D eigenvalue weighted by Gasteiger charge is -2.32. The van der Waals surface area contributed by atoms with Crippen molar-refractivity contribution in [3.63, 3.8) is 0 Å². The average molecular weight is 339 g/mol. The van der Waals surface area contributed by atoms with E-state index in [1.807, 2.05) is 38.1 Å². The molecule has 2 rings (SSSR count). The molecule has 0 unspecified atom stereocenters. The highest BCUT2D eigenvalue weighted by molar-refractivity contribution is 6.30. The number of likely N-dealkylation sites (tertiary alicyclic amines) is 1. The van der Waals surface area contributed by atoms with Gasteiger partial charge in [-0.2, -0.15) is 0 Å². The van der Waals surface area contributed by atoms with Crippen LogP contribution in [0.3, 0.4) is 0 Å². The van der Waals surface area contributed by atoms with Crippen molar-refractivity contribution in [1.82, 2.24) is 10.2 Å². The van der Waals surface area contributed by atoms with E-state index in [1.54, 1.807) is 0 Å². The van der Waals surface area contributed by atoms with E-state index in [4.69, 9.17) is 16.3 Å². The summed E-state index contributed by atoms with van der Waals surface area (Å²) in [6.07, 6.45) is 3.07. The van der Waals surface area contributed by atoms with Gasteiger partial charge in [0.2, 0.25) is 5.91 Å². The molecule has 1 amide bonds. The quantitative estimate of drug-likeness (QED) is 0.775. The van der Waals surface area contributed by atoms with Gasteiger partial charge in [-0.3, -0.25) is 4.79 Å². The topological polar surface area (TPSA) is 41.6 Å². The van der Waals surface area contributed by atoms with Gasteiger partial charge in [0.1, 0.15) is 5.75 Å². The molecular weight excluding hydrogens is 312 g/mol. The first-order valence-electron chi connectivity index (χ1n) is 8.45. The standard InChI is InChI=1S/C18H27ClN2O2/c1-14(2)18(22)20-16-7-10-21(11-8-16)9-4-12-23-17-6-3-5-15(19)13-17/h3,5-6,13-14,16H,4,7-12H2,1-2H3,(H,20,22). The van der Waals surface area contributed by atoms with Crippen molar-refractivity contribution >= 4 is 17.5 Å². The molecule has 0 bridgehead atoms. The third kappa shape index (κ3) is 6.40. The largest absolute Gasteiger partial charge is 0.493 e. The second-order valence-electron chi connectivity index (χ2n) is 6.44. The number of amides is 1. The van der Waals surface area contributed by atoms with E-state index in [9.17, 15) is 4.79 Å². The van der Waals surface area contributed by atoms with Crippen LogP contribution in [0.15, 0.2) is 24.3 Å². The molecule has 0 radical (unpaired) electrons. The van der Waals surface area contributed by atoms with Crippen molar-refractivity contribution in [1.29, 1.82) is 0 Å². The minimum absolute atomic E-state index is 0.0664. The highest BCUT2D eigenvalue weighted by Crippen LogP contribution is 2.17. The Morgan fingerprint density at radius 2 is 2.13 bits per heavy atom. The fourth-order valence-electron chi connectivity index (χ4n) is 2.70. The molecule has 128 valence electrons. The number of rotatable bonds is 7. The molecule has 1 aliphatic heterocycles. The van der Waals surface area contributed by atoms with Crippen LogP contribution in [0.2, 0.25) is 5.02 Å². The molecular formula is C18H27ClN2O2. The molecule has 1 heterocycles. The van der Waals surface area contributed by atoms with Crippen molar-refractivity contribution in [2.75, 3.05) is 26.2 Å². The number of carbonyl (C=O) groups is 1. The Kier molecular flexibility index (Phi) is 7.18. The number of nitrogens with one attached hydrogen (secondary N) is 1. The number of hydrogen-bond donors (Lipinski definition) is 1. The Labute approximate surface area is 144 Å². The molecule has 1 saturated heterocycles. The maximum absolute atomic E-state index is 11.7. The molecule has 0 saturated carbocycles. The highest BCUT2D eigenvalue weighted by Gasteiger charge is 2.21. The number of piperidine rings is 1. The lowest BCUT2D eigenvalue weighted by Crippen LogP contribution is -2.46. The second kappa shape index (κ2) is 9.14. The molecule has 4 nitrogen and oxygen atoms in total. The minimum Gasteiger partial charge on any atom is -0.493 e. The van der Waals surface area contributed by atoms with Crippen LogP contribution in [0.4, 0.5) is 0 Å². The molecule has 0 spiro atoms. The third-order valence-corrected chi connectivity index (χ3v) is 4.38. The van der Waals surface area contributed by atoms with Crippen LogP contribution in [-0.4, -0.2) is 43.1 Å². The molecule has 1 N–H and O–H groups in total. The second-order valence-corrected chi connectivity index (χ2v) is 6.88. The zero-order valence-corrected chi connectivity index (χ0v) is 14.8. The van der Waals surface area contributed by atoms with Gasteiger partial charge in [-0.05, 0) is 37.5 Å². The fourth-order valence-corrected chi connectivity index (χ4v) is 2.88. The van der Waals surface area contributed by atoms with Crippen LogP contribution in [0.25, 0.3) is 0 Å².